The Kier molecular flexibility index (Phi) is 4.01. The Hall–Kier alpha value is -1.73. The zero-order valence-electron chi connectivity index (χ0n) is 13.0. The van der Waals surface area contributed by atoms with E-state index in [-0.39, 0.29) is 12.0 Å². The first-order valence-corrected chi connectivity index (χ1v) is 7.84. The van der Waals surface area contributed by atoms with Gasteiger partial charge >= 0.3 is 0 Å². The fourth-order valence-corrected chi connectivity index (χ4v) is 3.14. The molecule has 0 bridgehead atoms. The van der Waals surface area contributed by atoms with Crippen molar-refractivity contribution in [3.05, 3.63) is 22.6 Å². The van der Waals surface area contributed by atoms with Gasteiger partial charge < -0.3 is 10.1 Å². The molecule has 0 aliphatic carbocycles. The quantitative estimate of drug-likeness (QED) is 0.671. The van der Waals surface area contributed by atoms with Crippen LogP contribution in [0.5, 0.6) is 0 Å². The average Bonchev–Trinajstić information content (AvgIpc) is 3.13. The second kappa shape index (κ2) is 5.81. The molecule has 2 aliphatic heterocycles. The van der Waals surface area contributed by atoms with Crippen molar-refractivity contribution in [3.8, 4) is 0 Å². The smallest absolute Gasteiger partial charge is 0.276 e. The summed E-state index contributed by atoms with van der Waals surface area (Å²) in [4.78, 5) is 14.2. The molecule has 1 atom stereocenters. The Morgan fingerprint density at radius 1 is 1.50 bits per heavy atom. The minimum absolute atomic E-state index is 0.0879. The van der Waals surface area contributed by atoms with Crippen molar-refractivity contribution >= 4 is 29.3 Å². The van der Waals surface area contributed by atoms with Gasteiger partial charge in [-0.3, -0.25) is 14.4 Å². The van der Waals surface area contributed by atoms with Gasteiger partial charge in [0.1, 0.15) is 5.70 Å². The monoisotopic (exact) mass is 320 g/mol. The van der Waals surface area contributed by atoms with Crippen LogP contribution >= 0.6 is 12.2 Å². The molecular formula is C15H20N4O2S. The molecule has 118 valence electrons. The van der Waals surface area contributed by atoms with Gasteiger partial charge in [0.15, 0.2) is 5.11 Å². The van der Waals surface area contributed by atoms with Gasteiger partial charge in [-0.25, -0.2) is 0 Å². The topological polar surface area (TPSA) is 59.4 Å². The van der Waals surface area contributed by atoms with Crippen LogP contribution in [0.2, 0.25) is 0 Å². The predicted molar refractivity (Wildman–Crippen MR) is 87.1 cm³/mol. The molecule has 2 saturated heterocycles. The fraction of sp³-hybridized carbons (Fsp3) is 0.533. The van der Waals surface area contributed by atoms with Gasteiger partial charge in [0.25, 0.3) is 5.91 Å². The summed E-state index contributed by atoms with van der Waals surface area (Å²) < 4.78 is 7.40. The maximum absolute atomic E-state index is 12.6. The number of aromatic nitrogens is 2. The molecule has 1 aromatic rings. The highest BCUT2D eigenvalue weighted by Crippen LogP contribution is 2.21. The Bertz CT molecular complexity index is 659. The molecule has 2 aliphatic rings. The number of hydrogen-bond acceptors (Lipinski definition) is 4. The highest BCUT2D eigenvalue weighted by atomic mass is 32.1. The number of amides is 1. The number of nitrogens with zero attached hydrogens (tertiary/aromatic N) is 3. The van der Waals surface area contributed by atoms with Crippen LogP contribution in [0.1, 0.15) is 29.8 Å². The maximum Gasteiger partial charge on any atom is 0.276 e. The number of thiocarbonyl (C=S) groups is 1. The third kappa shape index (κ3) is 2.66. The predicted octanol–water partition coefficient (Wildman–Crippen LogP) is 1.27. The van der Waals surface area contributed by atoms with Gasteiger partial charge in [0.05, 0.1) is 18.3 Å². The summed E-state index contributed by atoms with van der Waals surface area (Å²) in [6, 6.07) is 0. The molecule has 0 aromatic carbocycles. The summed E-state index contributed by atoms with van der Waals surface area (Å²) >= 11 is 5.29. The van der Waals surface area contributed by atoms with Crippen molar-refractivity contribution in [2.24, 2.45) is 7.05 Å². The molecular weight excluding hydrogens is 300 g/mol. The van der Waals surface area contributed by atoms with Gasteiger partial charge in [0, 0.05) is 24.9 Å². The molecule has 22 heavy (non-hydrogen) atoms. The molecule has 1 amide bonds. The third-order valence-electron chi connectivity index (χ3n) is 4.23. The van der Waals surface area contributed by atoms with Crippen molar-refractivity contribution in [3.63, 3.8) is 0 Å². The van der Waals surface area contributed by atoms with Crippen LogP contribution in [-0.4, -0.2) is 45.0 Å². The summed E-state index contributed by atoms with van der Waals surface area (Å²) in [5, 5.41) is 7.83. The number of aryl methyl sites for hydroxylation is 2. The molecule has 6 nitrogen and oxygen atoms in total. The maximum atomic E-state index is 12.6. The zero-order valence-corrected chi connectivity index (χ0v) is 13.9. The lowest BCUT2D eigenvalue weighted by Crippen LogP contribution is -2.37. The normalized spacial score (nSPS) is 23.7. The van der Waals surface area contributed by atoms with Crippen LogP contribution in [-0.2, 0) is 16.6 Å². The summed E-state index contributed by atoms with van der Waals surface area (Å²) in [7, 11) is 1.89. The van der Waals surface area contributed by atoms with Crippen molar-refractivity contribution in [1.29, 1.82) is 0 Å². The largest absolute Gasteiger partial charge is 0.376 e. The van der Waals surface area contributed by atoms with E-state index < -0.39 is 0 Å². The van der Waals surface area contributed by atoms with Gasteiger partial charge in [-0.15, -0.1) is 0 Å². The van der Waals surface area contributed by atoms with Gasteiger partial charge in [-0.2, -0.15) is 5.10 Å². The summed E-state index contributed by atoms with van der Waals surface area (Å²) in [5.74, 6) is -0.0943. The molecule has 0 saturated carbocycles. The van der Waals surface area contributed by atoms with Crippen molar-refractivity contribution in [2.75, 3.05) is 13.2 Å². The Labute approximate surface area is 135 Å². The molecule has 0 spiro atoms. The van der Waals surface area contributed by atoms with Crippen molar-refractivity contribution in [2.45, 2.75) is 32.8 Å². The molecule has 3 rings (SSSR count). The summed E-state index contributed by atoms with van der Waals surface area (Å²) in [6.45, 7) is 5.20. The Balaban J connectivity index is 1.82. The van der Waals surface area contributed by atoms with Crippen LogP contribution in [0.15, 0.2) is 5.70 Å². The lowest BCUT2D eigenvalue weighted by Gasteiger charge is -2.18. The number of carbonyl (C=O) groups is 1. The first-order valence-electron chi connectivity index (χ1n) is 7.43. The summed E-state index contributed by atoms with van der Waals surface area (Å²) in [5.41, 5.74) is 3.37. The lowest BCUT2D eigenvalue weighted by molar-refractivity contribution is -0.123. The van der Waals surface area contributed by atoms with E-state index >= 15 is 0 Å². The van der Waals surface area contributed by atoms with Gasteiger partial charge in [-0.05, 0) is 45.0 Å². The van der Waals surface area contributed by atoms with E-state index in [2.05, 4.69) is 10.4 Å². The van der Waals surface area contributed by atoms with Gasteiger partial charge in [0.2, 0.25) is 0 Å². The van der Waals surface area contributed by atoms with Crippen LogP contribution in [0.25, 0.3) is 6.08 Å². The Morgan fingerprint density at radius 2 is 2.27 bits per heavy atom. The molecule has 7 heteroatoms. The van der Waals surface area contributed by atoms with E-state index in [1.807, 2.05) is 31.7 Å². The average molecular weight is 320 g/mol. The number of hydrogen-bond donors (Lipinski definition) is 1. The molecule has 2 fully saturated rings. The fourth-order valence-electron chi connectivity index (χ4n) is 2.87. The summed E-state index contributed by atoms with van der Waals surface area (Å²) in [6.07, 6.45) is 3.95. The third-order valence-corrected chi connectivity index (χ3v) is 4.55. The number of nitrogens with one attached hydrogen (secondary N) is 1. The minimum atomic E-state index is -0.0943. The first-order chi connectivity index (χ1) is 10.5. The standard InChI is InChI=1S/C15H20N4O2S/c1-9-12(10(2)18(3)17-9)7-13-14(20)19(15(22)16-13)8-11-5-4-6-21-11/h7,11H,4-6,8H2,1-3H3,(H,16,22)/b13-7+. The number of rotatable bonds is 3. The van der Waals surface area contributed by atoms with Crippen molar-refractivity contribution in [1.82, 2.24) is 20.0 Å². The highest BCUT2D eigenvalue weighted by molar-refractivity contribution is 7.80. The van der Waals surface area contributed by atoms with E-state index in [1.165, 1.54) is 0 Å². The first kappa shape index (κ1) is 15.2. The second-order valence-corrected chi connectivity index (χ2v) is 6.13. The van der Waals surface area contributed by atoms with E-state index in [0.29, 0.717) is 17.4 Å². The Morgan fingerprint density at radius 3 is 2.86 bits per heavy atom. The molecule has 0 radical (unpaired) electrons. The molecule has 1 aromatic heterocycles. The van der Waals surface area contributed by atoms with E-state index in [9.17, 15) is 4.79 Å². The van der Waals surface area contributed by atoms with Crippen LogP contribution in [0.3, 0.4) is 0 Å². The molecule has 1 N–H and O–H groups in total. The van der Waals surface area contributed by atoms with E-state index in [0.717, 1.165) is 36.4 Å². The second-order valence-electron chi connectivity index (χ2n) is 5.75. The van der Waals surface area contributed by atoms with Crippen LogP contribution in [0.4, 0.5) is 0 Å². The lowest BCUT2D eigenvalue weighted by atomic mass is 10.1. The highest BCUT2D eigenvalue weighted by Gasteiger charge is 2.33. The zero-order chi connectivity index (χ0) is 15.9. The SMILES string of the molecule is Cc1nn(C)c(C)c1/C=C1/NC(=S)N(CC2CCCO2)C1=O. The van der Waals surface area contributed by atoms with Crippen LogP contribution < -0.4 is 5.32 Å². The van der Waals surface area contributed by atoms with E-state index in [1.54, 1.807) is 4.90 Å². The number of ether oxygens (including phenoxy) is 1. The molecule has 3 heterocycles. The van der Waals surface area contributed by atoms with E-state index in [4.69, 9.17) is 17.0 Å². The van der Waals surface area contributed by atoms with Gasteiger partial charge in [-0.1, -0.05) is 0 Å². The van der Waals surface area contributed by atoms with Crippen LogP contribution in [0, 0.1) is 13.8 Å². The van der Waals surface area contributed by atoms with Crippen molar-refractivity contribution < 1.29 is 9.53 Å². The minimum Gasteiger partial charge on any atom is -0.376 e. The number of carbonyl (C=O) groups excluding carboxylic acids is 1. The molecule has 1 unspecified atom stereocenters.